The highest BCUT2D eigenvalue weighted by Crippen LogP contribution is 2.17. The van der Waals surface area contributed by atoms with Gasteiger partial charge in [-0.2, -0.15) is 13.9 Å². The van der Waals surface area contributed by atoms with Crippen LogP contribution in [0.15, 0.2) is 30.6 Å². The van der Waals surface area contributed by atoms with E-state index in [0.717, 1.165) is 0 Å². The van der Waals surface area contributed by atoms with Crippen LogP contribution in [0.4, 0.5) is 8.78 Å². The van der Waals surface area contributed by atoms with Gasteiger partial charge in [-0.15, -0.1) is 0 Å². The number of benzene rings is 1. The Morgan fingerprint density at radius 1 is 1.47 bits per heavy atom. The summed E-state index contributed by atoms with van der Waals surface area (Å²) in [5, 5.41) is 3.85. The minimum absolute atomic E-state index is 0.0428. The van der Waals surface area contributed by atoms with Gasteiger partial charge < -0.3 is 4.74 Å². The molecule has 19 heavy (non-hydrogen) atoms. The van der Waals surface area contributed by atoms with Gasteiger partial charge in [0.25, 0.3) is 0 Å². The molecule has 0 N–H and O–H groups in total. The Bertz CT molecular complexity index is 584. The molecule has 0 spiro atoms. The van der Waals surface area contributed by atoms with Crippen molar-refractivity contribution in [1.29, 1.82) is 0 Å². The molecule has 2 rings (SSSR count). The number of hydrogen-bond donors (Lipinski definition) is 0. The molecule has 7 heteroatoms. The number of carbonyl (C=O) groups is 1. The molecular formula is C12H11F2N3O2. The predicted molar refractivity (Wildman–Crippen MR) is 62.1 cm³/mol. The molecule has 1 aromatic heterocycles. The molecule has 0 aliphatic carbocycles. The number of rotatable bonds is 5. The number of carbonyl (C=O) groups excluding carboxylic acids is 1. The van der Waals surface area contributed by atoms with Gasteiger partial charge in [0.1, 0.15) is 17.9 Å². The molecule has 0 aliphatic heterocycles. The Morgan fingerprint density at radius 2 is 2.26 bits per heavy atom. The summed E-state index contributed by atoms with van der Waals surface area (Å²) in [4.78, 5) is 15.9. The van der Waals surface area contributed by atoms with Gasteiger partial charge in [-0.1, -0.05) is 12.1 Å². The minimum atomic E-state index is -2.91. The first-order valence-electron chi connectivity index (χ1n) is 5.47. The number of alkyl halides is 2. The molecule has 0 amide bonds. The summed E-state index contributed by atoms with van der Waals surface area (Å²) in [7, 11) is 1.67. The topological polar surface area (TPSA) is 57.0 Å². The Morgan fingerprint density at radius 3 is 2.89 bits per heavy atom. The molecule has 0 atom stereocenters. The van der Waals surface area contributed by atoms with E-state index >= 15 is 0 Å². The van der Waals surface area contributed by atoms with Gasteiger partial charge in [-0.25, -0.2) is 4.98 Å². The Labute approximate surface area is 107 Å². The summed E-state index contributed by atoms with van der Waals surface area (Å²) in [5.41, 5.74) is 0.293. The molecule has 5 nitrogen and oxygen atoms in total. The van der Waals surface area contributed by atoms with Gasteiger partial charge >= 0.3 is 6.61 Å². The second kappa shape index (κ2) is 5.55. The molecular weight excluding hydrogens is 256 g/mol. The SMILES string of the molecule is Cn1ncnc1CC(=O)c1cccc(OC(F)F)c1. The zero-order valence-corrected chi connectivity index (χ0v) is 10.1. The third kappa shape index (κ3) is 3.34. The molecule has 0 unspecified atom stereocenters. The standard InChI is InChI=1S/C12H11F2N3O2/c1-17-11(15-7-16-17)6-10(18)8-3-2-4-9(5-8)19-12(13)14/h2-5,7,12H,6H2,1H3. The van der Waals surface area contributed by atoms with Gasteiger partial charge in [0.2, 0.25) is 0 Å². The lowest BCUT2D eigenvalue weighted by Gasteiger charge is -2.06. The smallest absolute Gasteiger partial charge is 0.387 e. The first-order valence-corrected chi connectivity index (χ1v) is 5.47. The lowest BCUT2D eigenvalue weighted by atomic mass is 10.1. The summed E-state index contributed by atoms with van der Waals surface area (Å²) in [5.74, 6) is 0.222. The van der Waals surface area contributed by atoms with Crippen LogP contribution in [0.25, 0.3) is 0 Å². The summed E-state index contributed by atoms with van der Waals surface area (Å²) in [6, 6.07) is 5.68. The number of hydrogen-bond acceptors (Lipinski definition) is 4. The predicted octanol–water partition coefficient (Wildman–Crippen LogP) is 1.84. The minimum Gasteiger partial charge on any atom is -0.435 e. The van der Waals surface area contributed by atoms with E-state index in [1.54, 1.807) is 7.05 Å². The summed E-state index contributed by atoms with van der Waals surface area (Å²) < 4.78 is 29.9. The van der Waals surface area contributed by atoms with Crippen molar-refractivity contribution in [1.82, 2.24) is 14.8 Å². The second-order valence-electron chi connectivity index (χ2n) is 3.81. The van der Waals surface area contributed by atoms with Crippen molar-refractivity contribution in [2.24, 2.45) is 7.05 Å². The monoisotopic (exact) mass is 267 g/mol. The van der Waals surface area contributed by atoms with Crippen LogP contribution in [0.1, 0.15) is 16.2 Å². The van der Waals surface area contributed by atoms with Crippen LogP contribution in [0.5, 0.6) is 5.75 Å². The average Bonchev–Trinajstić information content (AvgIpc) is 2.74. The van der Waals surface area contributed by atoms with E-state index < -0.39 is 6.61 Å². The van der Waals surface area contributed by atoms with Crippen LogP contribution in [-0.4, -0.2) is 27.2 Å². The normalized spacial score (nSPS) is 10.7. The van der Waals surface area contributed by atoms with Crippen molar-refractivity contribution in [3.63, 3.8) is 0 Å². The van der Waals surface area contributed by atoms with Crippen LogP contribution in [0, 0.1) is 0 Å². The van der Waals surface area contributed by atoms with E-state index in [0.29, 0.717) is 11.4 Å². The van der Waals surface area contributed by atoms with Crippen LogP contribution in [0.2, 0.25) is 0 Å². The third-order valence-electron chi connectivity index (χ3n) is 2.50. The lowest BCUT2D eigenvalue weighted by Crippen LogP contribution is -2.09. The van der Waals surface area contributed by atoms with Crippen molar-refractivity contribution in [3.8, 4) is 5.75 Å². The summed E-state index contributed by atoms with van der Waals surface area (Å²) in [6.07, 6.45) is 1.40. The van der Waals surface area contributed by atoms with Crippen molar-refractivity contribution in [2.45, 2.75) is 13.0 Å². The summed E-state index contributed by atoms with van der Waals surface area (Å²) >= 11 is 0. The van der Waals surface area contributed by atoms with E-state index in [-0.39, 0.29) is 18.0 Å². The number of ether oxygens (including phenoxy) is 1. The molecule has 0 aliphatic rings. The van der Waals surface area contributed by atoms with E-state index in [1.165, 1.54) is 35.3 Å². The molecule has 100 valence electrons. The number of ketones is 1. The summed E-state index contributed by atoms with van der Waals surface area (Å²) in [6.45, 7) is -2.91. The fourth-order valence-electron chi connectivity index (χ4n) is 1.57. The average molecular weight is 267 g/mol. The first-order chi connectivity index (χ1) is 9.06. The fraction of sp³-hybridized carbons (Fsp3) is 0.250. The van der Waals surface area contributed by atoms with Crippen molar-refractivity contribution in [2.75, 3.05) is 0 Å². The number of halogens is 2. The highest BCUT2D eigenvalue weighted by Gasteiger charge is 2.12. The maximum atomic E-state index is 12.1. The molecule has 0 saturated carbocycles. The first kappa shape index (κ1) is 13.1. The van der Waals surface area contributed by atoms with Crippen LogP contribution in [-0.2, 0) is 13.5 Å². The molecule has 0 radical (unpaired) electrons. The fourth-order valence-corrected chi connectivity index (χ4v) is 1.57. The van der Waals surface area contributed by atoms with Gasteiger partial charge in [0.15, 0.2) is 5.78 Å². The zero-order valence-electron chi connectivity index (χ0n) is 10.1. The Balaban J connectivity index is 2.13. The van der Waals surface area contributed by atoms with Crippen LogP contribution >= 0.6 is 0 Å². The molecule has 1 heterocycles. The molecule has 1 aromatic carbocycles. The van der Waals surface area contributed by atoms with E-state index in [2.05, 4.69) is 14.8 Å². The van der Waals surface area contributed by atoms with Gasteiger partial charge in [-0.05, 0) is 12.1 Å². The van der Waals surface area contributed by atoms with Crippen LogP contribution in [0.3, 0.4) is 0 Å². The van der Waals surface area contributed by atoms with E-state index in [1.807, 2.05) is 0 Å². The van der Waals surface area contributed by atoms with Crippen LogP contribution < -0.4 is 4.74 Å². The molecule has 2 aromatic rings. The molecule has 0 saturated heterocycles. The highest BCUT2D eigenvalue weighted by molar-refractivity contribution is 5.97. The van der Waals surface area contributed by atoms with Crippen molar-refractivity contribution >= 4 is 5.78 Å². The lowest BCUT2D eigenvalue weighted by molar-refractivity contribution is -0.0498. The third-order valence-corrected chi connectivity index (χ3v) is 2.50. The Kier molecular flexibility index (Phi) is 3.84. The highest BCUT2D eigenvalue weighted by atomic mass is 19.3. The molecule has 0 bridgehead atoms. The zero-order chi connectivity index (χ0) is 13.8. The van der Waals surface area contributed by atoms with Crippen molar-refractivity contribution in [3.05, 3.63) is 42.0 Å². The number of Topliss-reactive ketones (excluding diaryl/α,β-unsaturated/α-hetero) is 1. The number of nitrogens with zero attached hydrogens (tertiary/aromatic N) is 3. The quantitative estimate of drug-likeness (QED) is 0.776. The van der Waals surface area contributed by atoms with Gasteiger partial charge in [-0.3, -0.25) is 9.48 Å². The maximum Gasteiger partial charge on any atom is 0.387 e. The number of aromatic nitrogens is 3. The Hall–Kier alpha value is -2.31. The maximum absolute atomic E-state index is 12.1. The van der Waals surface area contributed by atoms with Crippen molar-refractivity contribution < 1.29 is 18.3 Å². The molecule has 0 fully saturated rings. The van der Waals surface area contributed by atoms with E-state index in [4.69, 9.17) is 0 Å². The van der Waals surface area contributed by atoms with Gasteiger partial charge in [0, 0.05) is 12.6 Å². The van der Waals surface area contributed by atoms with Gasteiger partial charge in [0.05, 0.1) is 6.42 Å². The largest absolute Gasteiger partial charge is 0.435 e. The van der Waals surface area contributed by atoms with E-state index in [9.17, 15) is 13.6 Å². The second-order valence-corrected chi connectivity index (χ2v) is 3.81. The number of aryl methyl sites for hydroxylation is 1.